The molecular formula is C13H9ClF2N2S. The molecule has 0 fully saturated rings. The summed E-state index contributed by atoms with van der Waals surface area (Å²) in [6.07, 6.45) is 0. The first-order chi connectivity index (χ1) is 9.02. The summed E-state index contributed by atoms with van der Waals surface area (Å²) in [7, 11) is 0. The molecule has 0 aliphatic heterocycles. The minimum absolute atomic E-state index is 0.229. The number of halogens is 3. The quantitative estimate of drug-likeness (QED) is 0.802. The van der Waals surface area contributed by atoms with Crippen LogP contribution in [0.1, 0.15) is 0 Å². The summed E-state index contributed by atoms with van der Waals surface area (Å²) in [6.45, 7) is 0. The summed E-state index contributed by atoms with van der Waals surface area (Å²) in [5.41, 5.74) is 0.961. The highest BCUT2D eigenvalue weighted by Gasteiger charge is 2.03. The molecule has 0 aliphatic rings. The van der Waals surface area contributed by atoms with Gasteiger partial charge in [0.2, 0.25) is 0 Å². The zero-order chi connectivity index (χ0) is 13.8. The molecule has 0 amide bonds. The van der Waals surface area contributed by atoms with E-state index in [0.717, 1.165) is 23.9 Å². The van der Waals surface area contributed by atoms with Gasteiger partial charge in [0, 0.05) is 22.5 Å². The van der Waals surface area contributed by atoms with Crippen LogP contribution in [0, 0.1) is 11.6 Å². The smallest absolute Gasteiger partial charge is 0.175 e. The average Bonchev–Trinajstić information content (AvgIpc) is 2.30. The van der Waals surface area contributed by atoms with Gasteiger partial charge in [0.25, 0.3) is 0 Å². The van der Waals surface area contributed by atoms with Crippen molar-refractivity contribution >= 4 is 40.3 Å². The molecule has 0 atom stereocenters. The maximum absolute atomic E-state index is 13.0. The van der Waals surface area contributed by atoms with Gasteiger partial charge < -0.3 is 10.6 Å². The highest BCUT2D eigenvalue weighted by molar-refractivity contribution is 7.80. The Labute approximate surface area is 119 Å². The Balaban J connectivity index is 2.03. The molecule has 0 saturated heterocycles. The molecule has 6 heteroatoms. The molecule has 2 N–H and O–H groups in total. The van der Waals surface area contributed by atoms with Crippen LogP contribution in [-0.4, -0.2) is 5.11 Å². The summed E-state index contributed by atoms with van der Waals surface area (Å²) in [4.78, 5) is 0. The lowest BCUT2D eigenvalue weighted by Crippen LogP contribution is -2.19. The second kappa shape index (κ2) is 5.95. The van der Waals surface area contributed by atoms with Crippen LogP contribution in [0.25, 0.3) is 0 Å². The van der Waals surface area contributed by atoms with Crippen LogP contribution < -0.4 is 10.6 Å². The molecule has 0 heterocycles. The van der Waals surface area contributed by atoms with Gasteiger partial charge in [0.05, 0.1) is 0 Å². The summed E-state index contributed by atoms with van der Waals surface area (Å²) in [6, 6.07) is 9.98. The Bertz CT molecular complexity index is 582. The fourth-order valence-corrected chi connectivity index (χ4v) is 1.81. The molecule has 0 bridgehead atoms. The van der Waals surface area contributed by atoms with E-state index in [0.29, 0.717) is 5.02 Å². The summed E-state index contributed by atoms with van der Waals surface area (Å²) < 4.78 is 26.0. The van der Waals surface area contributed by atoms with Crippen LogP contribution in [0.15, 0.2) is 42.5 Å². The lowest BCUT2D eigenvalue weighted by molar-refractivity contribution is 0.584. The van der Waals surface area contributed by atoms with E-state index < -0.39 is 11.6 Å². The fourth-order valence-electron chi connectivity index (χ4n) is 1.45. The van der Waals surface area contributed by atoms with Crippen LogP contribution in [0.5, 0.6) is 0 Å². The molecule has 0 spiro atoms. The van der Waals surface area contributed by atoms with Gasteiger partial charge in [-0.3, -0.25) is 0 Å². The molecule has 0 saturated carbocycles. The zero-order valence-corrected chi connectivity index (χ0v) is 11.2. The van der Waals surface area contributed by atoms with Gasteiger partial charge in [-0.25, -0.2) is 8.78 Å². The molecule has 98 valence electrons. The van der Waals surface area contributed by atoms with Crippen molar-refractivity contribution < 1.29 is 8.78 Å². The molecule has 0 aliphatic carbocycles. The van der Waals surface area contributed by atoms with E-state index in [1.165, 1.54) is 0 Å². The van der Waals surface area contributed by atoms with Crippen molar-refractivity contribution in [3.05, 3.63) is 59.1 Å². The van der Waals surface area contributed by atoms with Crippen molar-refractivity contribution in [2.24, 2.45) is 0 Å². The number of hydrogen-bond acceptors (Lipinski definition) is 1. The van der Waals surface area contributed by atoms with Crippen molar-refractivity contribution in [2.45, 2.75) is 0 Å². The van der Waals surface area contributed by atoms with Gasteiger partial charge in [0.1, 0.15) is 11.6 Å². The molecule has 2 rings (SSSR count). The van der Waals surface area contributed by atoms with Crippen LogP contribution >= 0.6 is 23.8 Å². The van der Waals surface area contributed by atoms with Crippen molar-refractivity contribution in [3.8, 4) is 0 Å². The monoisotopic (exact) mass is 298 g/mol. The molecular weight excluding hydrogens is 290 g/mol. The van der Waals surface area contributed by atoms with E-state index in [1.54, 1.807) is 24.3 Å². The standard InChI is InChI=1S/C13H9ClF2N2S/c14-8-1-3-11(4-2-8)17-13(19)18-12-6-9(15)5-10(16)7-12/h1-7H,(H2,17,18,19). The summed E-state index contributed by atoms with van der Waals surface area (Å²) in [5, 5.41) is 6.40. The molecule has 0 aromatic heterocycles. The number of rotatable bonds is 2. The zero-order valence-electron chi connectivity index (χ0n) is 9.58. The maximum Gasteiger partial charge on any atom is 0.175 e. The summed E-state index contributed by atoms with van der Waals surface area (Å²) >= 11 is 10.8. The molecule has 2 aromatic rings. The third kappa shape index (κ3) is 4.15. The lowest BCUT2D eigenvalue weighted by Gasteiger charge is -2.10. The average molecular weight is 299 g/mol. The van der Waals surface area contributed by atoms with Gasteiger partial charge in [-0.1, -0.05) is 11.6 Å². The van der Waals surface area contributed by atoms with E-state index in [4.69, 9.17) is 23.8 Å². The van der Waals surface area contributed by atoms with E-state index in [1.807, 2.05) is 0 Å². The highest BCUT2D eigenvalue weighted by atomic mass is 35.5. The van der Waals surface area contributed by atoms with Gasteiger partial charge >= 0.3 is 0 Å². The lowest BCUT2D eigenvalue weighted by atomic mass is 10.3. The Kier molecular flexibility index (Phi) is 4.29. The first-order valence-corrected chi connectivity index (χ1v) is 6.11. The van der Waals surface area contributed by atoms with Crippen molar-refractivity contribution in [3.63, 3.8) is 0 Å². The molecule has 0 unspecified atom stereocenters. The minimum Gasteiger partial charge on any atom is -0.332 e. The maximum atomic E-state index is 13.0. The van der Waals surface area contributed by atoms with Crippen LogP contribution in [0.3, 0.4) is 0 Å². The fraction of sp³-hybridized carbons (Fsp3) is 0. The largest absolute Gasteiger partial charge is 0.332 e. The summed E-state index contributed by atoms with van der Waals surface area (Å²) in [5.74, 6) is -1.34. The second-order valence-corrected chi connectivity index (χ2v) is 4.59. The van der Waals surface area contributed by atoms with E-state index in [9.17, 15) is 8.78 Å². The molecule has 19 heavy (non-hydrogen) atoms. The van der Waals surface area contributed by atoms with Crippen molar-refractivity contribution in [1.29, 1.82) is 0 Å². The van der Waals surface area contributed by atoms with Gasteiger partial charge in [0.15, 0.2) is 5.11 Å². The predicted octanol–water partition coefficient (Wildman–Crippen LogP) is 4.43. The van der Waals surface area contributed by atoms with E-state index in [-0.39, 0.29) is 10.8 Å². The van der Waals surface area contributed by atoms with Crippen molar-refractivity contribution in [1.82, 2.24) is 0 Å². The number of benzene rings is 2. The number of nitrogens with one attached hydrogen (secondary N) is 2. The van der Waals surface area contributed by atoms with Crippen molar-refractivity contribution in [2.75, 3.05) is 10.6 Å². The Morgan fingerprint density at radius 1 is 0.895 bits per heavy atom. The number of thiocarbonyl (C=S) groups is 1. The topological polar surface area (TPSA) is 24.1 Å². The van der Waals surface area contributed by atoms with Gasteiger partial charge in [-0.2, -0.15) is 0 Å². The first kappa shape index (κ1) is 13.7. The minimum atomic E-state index is -0.670. The molecule has 2 aromatic carbocycles. The second-order valence-electron chi connectivity index (χ2n) is 3.74. The van der Waals surface area contributed by atoms with E-state index in [2.05, 4.69) is 10.6 Å². The highest BCUT2D eigenvalue weighted by Crippen LogP contribution is 2.15. The SMILES string of the molecule is Fc1cc(F)cc(NC(=S)Nc2ccc(Cl)cc2)c1. The van der Waals surface area contributed by atoms with E-state index >= 15 is 0 Å². The molecule has 2 nitrogen and oxygen atoms in total. The van der Waals surface area contributed by atoms with Crippen LogP contribution in [0.2, 0.25) is 5.02 Å². The number of hydrogen-bond donors (Lipinski definition) is 2. The van der Waals surface area contributed by atoms with Crippen LogP contribution in [0.4, 0.5) is 20.2 Å². The molecule has 0 radical (unpaired) electrons. The third-order valence-corrected chi connectivity index (χ3v) is 2.68. The van der Waals surface area contributed by atoms with Gasteiger partial charge in [-0.05, 0) is 48.6 Å². The van der Waals surface area contributed by atoms with Crippen LogP contribution in [-0.2, 0) is 0 Å². The Hall–Kier alpha value is -1.72. The third-order valence-electron chi connectivity index (χ3n) is 2.22. The van der Waals surface area contributed by atoms with Gasteiger partial charge in [-0.15, -0.1) is 0 Å². The Morgan fingerprint density at radius 2 is 1.42 bits per heavy atom. The Morgan fingerprint density at radius 3 is 2.00 bits per heavy atom. The normalized spacial score (nSPS) is 10.1. The first-order valence-electron chi connectivity index (χ1n) is 5.32. The number of anilines is 2. The predicted molar refractivity (Wildman–Crippen MR) is 77.7 cm³/mol.